The molecular formula is C12H12F3N3S. The highest BCUT2D eigenvalue weighted by Gasteiger charge is 2.32. The van der Waals surface area contributed by atoms with Gasteiger partial charge in [-0.2, -0.15) is 13.2 Å². The van der Waals surface area contributed by atoms with Gasteiger partial charge in [-0.05, 0) is 30.0 Å². The molecule has 3 nitrogen and oxygen atoms in total. The lowest BCUT2D eigenvalue weighted by Gasteiger charge is -2.15. The molecule has 0 aromatic carbocycles. The number of hydrogen-bond donors (Lipinski definition) is 1. The SMILES string of the molecule is CCC(Nc1ccc(C(F)(F)F)nn1)c1cccs1. The van der Waals surface area contributed by atoms with E-state index in [4.69, 9.17) is 0 Å². The molecule has 0 fully saturated rings. The molecule has 0 saturated heterocycles. The number of rotatable bonds is 4. The Kier molecular flexibility index (Phi) is 4.04. The summed E-state index contributed by atoms with van der Waals surface area (Å²) in [7, 11) is 0. The van der Waals surface area contributed by atoms with Crippen molar-refractivity contribution in [1.29, 1.82) is 0 Å². The maximum absolute atomic E-state index is 12.4. The zero-order chi connectivity index (χ0) is 13.9. The highest BCUT2D eigenvalue weighted by Crippen LogP contribution is 2.28. The number of alkyl halides is 3. The molecule has 2 heterocycles. The van der Waals surface area contributed by atoms with Crippen LogP contribution in [0.2, 0.25) is 0 Å². The van der Waals surface area contributed by atoms with Crippen molar-refractivity contribution in [2.24, 2.45) is 0 Å². The lowest BCUT2D eigenvalue weighted by Crippen LogP contribution is -2.13. The van der Waals surface area contributed by atoms with Crippen LogP contribution < -0.4 is 5.32 Å². The predicted octanol–water partition coefficient (Wildman–Crippen LogP) is 4.12. The first-order valence-electron chi connectivity index (χ1n) is 5.71. The van der Waals surface area contributed by atoms with Crippen LogP contribution in [0.15, 0.2) is 29.6 Å². The van der Waals surface area contributed by atoms with Gasteiger partial charge >= 0.3 is 6.18 Å². The van der Waals surface area contributed by atoms with Crippen LogP contribution in [0.5, 0.6) is 0 Å². The van der Waals surface area contributed by atoms with Crippen LogP contribution in [0.4, 0.5) is 19.0 Å². The van der Waals surface area contributed by atoms with Crippen molar-refractivity contribution in [1.82, 2.24) is 10.2 Å². The molecule has 1 unspecified atom stereocenters. The monoisotopic (exact) mass is 287 g/mol. The Morgan fingerprint density at radius 1 is 1.26 bits per heavy atom. The van der Waals surface area contributed by atoms with Gasteiger partial charge in [-0.3, -0.25) is 0 Å². The topological polar surface area (TPSA) is 37.8 Å². The Bertz CT molecular complexity index is 508. The summed E-state index contributed by atoms with van der Waals surface area (Å²) in [4.78, 5) is 1.11. The fourth-order valence-corrected chi connectivity index (χ4v) is 2.46. The van der Waals surface area contributed by atoms with Gasteiger partial charge in [-0.1, -0.05) is 13.0 Å². The second-order valence-electron chi connectivity index (χ2n) is 3.92. The molecule has 0 aliphatic heterocycles. The highest BCUT2D eigenvalue weighted by atomic mass is 32.1. The van der Waals surface area contributed by atoms with Crippen LogP contribution in [-0.2, 0) is 6.18 Å². The number of anilines is 1. The van der Waals surface area contributed by atoms with E-state index in [0.29, 0.717) is 5.82 Å². The number of halogens is 3. The van der Waals surface area contributed by atoms with Gasteiger partial charge in [-0.25, -0.2) is 0 Å². The minimum absolute atomic E-state index is 0.0334. The molecule has 0 bridgehead atoms. The van der Waals surface area contributed by atoms with E-state index < -0.39 is 11.9 Å². The smallest absolute Gasteiger partial charge is 0.361 e. The molecule has 0 radical (unpaired) electrons. The van der Waals surface area contributed by atoms with Crippen LogP contribution in [-0.4, -0.2) is 10.2 Å². The second-order valence-corrected chi connectivity index (χ2v) is 4.90. The van der Waals surface area contributed by atoms with E-state index in [2.05, 4.69) is 15.5 Å². The van der Waals surface area contributed by atoms with Gasteiger partial charge in [0.2, 0.25) is 0 Å². The molecule has 2 rings (SSSR count). The van der Waals surface area contributed by atoms with Crippen molar-refractivity contribution in [2.75, 3.05) is 5.32 Å². The Labute approximate surface area is 112 Å². The third-order valence-electron chi connectivity index (χ3n) is 2.57. The largest absolute Gasteiger partial charge is 0.435 e. The van der Waals surface area contributed by atoms with Gasteiger partial charge in [0.15, 0.2) is 5.69 Å². The molecule has 0 amide bonds. The fourth-order valence-electron chi connectivity index (χ4n) is 1.60. The molecule has 7 heteroatoms. The molecule has 1 atom stereocenters. The highest BCUT2D eigenvalue weighted by molar-refractivity contribution is 7.10. The van der Waals surface area contributed by atoms with Crippen molar-refractivity contribution < 1.29 is 13.2 Å². The maximum atomic E-state index is 12.4. The van der Waals surface area contributed by atoms with Gasteiger partial charge in [-0.15, -0.1) is 21.5 Å². The number of nitrogens with zero attached hydrogens (tertiary/aromatic N) is 2. The van der Waals surface area contributed by atoms with Gasteiger partial charge in [0, 0.05) is 4.88 Å². The summed E-state index contributed by atoms with van der Waals surface area (Å²) in [5.74, 6) is 0.341. The molecule has 2 aromatic rings. The Morgan fingerprint density at radius 2 is 2.05 bits per heavy atom. The molecule has 0 saturated carbocycles. The molecule has 1 N–H and O–H groups in total. The molecule has 0 spiro atoms. The summed E-state index contributed by atoms with van der Waals surface area (Å²) in [6.45, 7) is 1.99. The summed E-state index contributed by atoms with van der Waals surface area (Å²) >= 11 is 1.59. The number of aromatic nitrogens is 2. The zero-order valence-corrected chi connectivity index (χ0v) is 10.9. The first-order valence-corrected chi connectivity index (χ1v) is 6.59. The van der Waals surface area contributed by atoms with Crippen LogP contribution in [0.25, 0.3) is 0 Å². The average Bonchev–Trinajstić information content (AvgIpc) is 2.89. The summed E-state index contributed by atoms with van der Waals surface area (Å²) in [5.41, 5.74) is -0.984. The van der Waals surface area contributed by atoms with E-state index in [9.17, 15) is 13.2 Å². The predicted molar refractivity (Wildman–Crippen MR) is 68.0 cm³/mol. The minimum Gasteiger partial charge on any atom is -0.361 e. The number of hydrogen-bond acceptors (Lipinski definition) is 4. The lowest BCUT2D eigenvalue weighted by molar-refractivity contribution is -0.141. The summed E-state index contributed by atoms with van der Waals surface area (Å²) < 4.78 is 37.1. The Morgan fingerprint density at radius 3 is 2.53 bits per heavy atom. The second kappa shape index (κ2) is 5.56. The molecular weight excluding hydrogens is 275 g/mol. The first-order chi connectivity index (χ1) is 9.00. The van der Waals surface area contributed by atoms with E-state index >= 15 is 0 Å². The standard InChI is InChI=1S/C12H12F3N3S/c1-2-8(9-4-3-7-19-9)16-11-6-5-10(17-18-11)12(13,14)15/h3-8H,2H2,1H3,(H,16,18). The third kappa shape index (κ3) is 3.44. The van der Waals surface area contributed by atoms with Crippen LogP contribution in [0.3, 0.4) is 0 Å². The van der Waals surface area contributed by atoms with Gasteiger partial charge in [0.25, 0.3) is 0 Å². The normalized spacial score (nSPS) is 13.3. The van der Waals surface area contributed by atoms with Crippen LogP contribution in [0, 0.1) is 0 Å². The average molecular weight is 287 g/mol. The van der Waals surface area contributed by atoms with E-state index in [-0.39, 0.29) is 6.04 Å². The Balaban J connectivity index is 2.11. The zero-order valence-electron chi connectivity index (χ0n) is 10.1. The maximum Gasteiger partial charge on any atom is 0.435 e. The number of nitrogens with one attached hydrogen (secondary N) is 1. The lowest BCUT2D eigenvalue weighted by atomic mass is 10.2. The number of thiophene rings is 1. The van der Waals surface area contributed by atoms with Gasteiger partial charge in [0.05, 0.1) is 6.04 Å². The molecule has 0 aliphatic carbocycles. The van der Waals surface area contributed by atoms with Gasteiger partial charge < -0.3 is 5.32 Å². The fraction of sp³-hybridized carbons (Fsp3) is 0.333. The summed E-state index contributed by atoms with van der Waals surface area (Å²) in [5, 5.41) is 11.8. The summed E-state index contributed by atoms with van der Waals surface area (Å²) in [6.07, 6.45) is -3.65. The molecule has 2 aromatic heterocycles. The van der Waals surface area contributed by atoms with Crippen molar-refractivity contribution in [3.8, 4) is 0 Å². The van der Waals surface area contributed by atoms with E-state index in [1.807, 2.05) is 24.4 Å². The van der Waals surface area contributed by atoms with E-state index in [1.54, 1.807) is 11.3 Å². The minimum atomic E-state index is -4.45. The van der Waals surface area contributed by atoms with Crippen molar-refractivity contribution >= 4 is 17.2 Å². The molecule has 102 valence electrons. The molecule has 0 aliphatic rings. The van der Waals surface area contributed by atoms with Crippen LogP contribution >= 0.6 is 11.3 Å². The van der Waals surface area contributed by atoms with E-state index in [1.165, 1.54) is 6.07 Å². The van der Waals surface area contributed by atoms with Crippen LogP contribution in [0.1, 0.15) is 30.0 Å². The van der Waals surface area contributed by atoms with Gasteiger partial charge in [0.1, 0.15) is 5.82 Å². The Hall–Kier alpha value is -1.63. The van der Waals surface area contributed by atoms with Crippen molar-refractivity contribution in [3.05, 3.63) is 40.2 Å². The molecule has 19 heavy (non-hydrogen) atoms. The quantitative estimate of drug-likeness (QED) is 0.919. The third-order valence-corrected chi connectivity index (χ3v) is 3.56. The van der Waals surface area contributed by atoms with Crippen molar-refractivity contribution in [2.45, 2.75) is 25.6 Å². The first kappa shape index (κ1) is 13.8. The van der Waals surface area contributed by atoms with Crippen molar-refractivity contribution in [3.63, 3.8) is 0 Å². The summed E-state index contributed by atoms with van der Waals surface area (Å²) in [6, 6.07) is 6.17. The van der Waals surface area contributed by atoms with E-state index in [0.717, 1.165) is 17.4 Å².